The number of amides is 1. The Balaban J connectivity index is 2.00. The molecule has 0 aromatic heterocycles. The largest absolute Gasteiger partial charge is 0.481 e. The molecule has 1 atom stereocenters. The lowest BCUT2D eigenvalue weighted by Crippen LogP contribution is -2.30. The second-order valence-electron chi connectivity index (χ2n) is 5.02. The van der Waals surface area contributed by atoms with Crippen LogP contribution in [0.2, 0.25) is 5.02 Å². The van der Waals surface area contributed by atoms with E-state index in [1.807, 2.05) is 44.2 Å². The fourth-order valence-corrected chi connectivity index (χ4v) is 2.10. The van der Waals surface area contributed by atoms with Crippen LogP contribution in [0.15, 0.2) is 42.5 Å². The Kier molecular flexibility index (Phi) is 4.86. The van der Waals surface area contributed by atoms with Gasteiger partial charge < -0.3 is 10.1 Å². The van der Waals surface area contributed by atoms with Crippen LogP contribution in [0.5, 0.6) is 5.75 Å². The van der Waals surface area contributed by atoms with Crippen molar-refractivity contribution in [2.45, 2.75) is 26.9 Å². The first-order valence-corrected chi connectivity index (χ1v) is 7.14. The summed E-state index contributed by atoms with van der Waals surface area (Å²) in [6.45, 7) is 5.62. The summed E-state index contributed by atoms with van der Waals surface area (Å²) >= 11 is 5.90. The molecule has 0 bridgehead atoms. The molecule has 0 heterocycles. The molecule has 0 aliphatic rings. The molecule has 0 aliphatic carbocycles. The predicted molar refractivity (Wildman–Crippen MR) is 86.1 cm³/mol. The van der Waals surface area contributed by atoms with E-state index in [4.69, 9.17) is 16.3 Å². The maximum absolute atomic E-state index is 12.2. The lowest BCUT2D eigenvalue weighted by Gasteiger charge is -2.16. The van der Waals surface area contributed by atoms with Gasteiger partial charge in [-0.2, -0.15) is 0 Å². The minimum atomic E-state index is -0.581. The summed E-state index contributed by atoms with van der Waals surface area (Å²) in [6, 6.07) is 12.9. The molecule has 0 aliphatic heterocycles. The second-order valence-corrected chi connectivity index (χ2v) is 5.46. The summed E-state index contributed by atoms with van der Waals surface area (Å²) in [6.07, 6.45) is -0.581. The standard InChI is InChI=1S/C17H18ClNO2/c1-11-4-7-15(8-5-11)21-13(3)17(20)19-16-9-6-14(18)10-12(16)2/h4-10,13H,1-3H3,(H,19,20). The van der Waals surface area contributed by atoms with E-state index in [9.17, 15) is 4.79 Å². The van der Waals surface area contributed by atoms with Crippen LogP contribution in [0.3, 0.4) is 0 Å². The van der Waals surface area contributed by atoms with E-state index >= 15 is 0 Å². The van der Waals surface area contributed by atoms with Gasteiger partial charge in [-0.05, 0) is 56.7 Å². The summed E-state index contributed by atoms with van der Waals surface area (Å²) in [7, 11) is 0. The van der Waals surface area contributed by atoms with E-state index in [-0.39, 0.29) is 5.91 Å². The first-order valence-electron chi connectivity index (χ1n) is 6.76. The van der Waals surface area contributed by atoms with Crippen molar-refractivity contribution in [2.75, 3.05) is 5.32 Å². The third-order valence-corrected chi connectivity index (χ3v) is 3.38. The highest BCUT2D eigenvalue weighted by Crippen LogP contribution is 2.20. The number of carbonyl (C=O) groups excluding carboxylic acids is 1. The Labute approximate surface area is 129 Å². The van der Waals surface area contributed by atoms with Crippen molar-refractivity contribution < 1.29 is 9.53 Å². The number of halogens is 1. The summed E-state index contributed by atoms with van der Waals surface area (Å²) in [5.74, 6) is 0.483. The zero-order chi connectivity index (χ0) is 15.4. The molecular formula is C17H18ClNO2. The van der Waals surface area contributed by atoms with E-state index in [0.717, 1.165) is 16.8 Å². The number of anilines is 1. The molecule has 2 aromatic carbocycles. The predicted octanol–water partition coefficient (Wildman–Crippen LogP) is 4.36. The number of benzene rings is 2. The summed E-state index contributed by atoms with van der Waals surface area (Å²) < 4.78 is 5.63. The molecular weight excluding hydrogens is 286 g/mol. The third-order valence-electron chi connectivity index (χ3n) is 3.15. The van der Waals surface area contributed by atoms with Gasteiger partial charge in [0, 0.05) is 10.7 Å². The van der Waals surface area contributed by atoms with Crippen LogP contribution >= 0.6 is 11.6 Å². The monoisotopic (exact) mass is 303 g/mol. The maximum Gasteiger partial charge on any atom is 0.265 e. The van der Waals surface area contributed by atoms with Gasteiger partial charge in [0.15, 0.2) is 6.10 Å². The number of nitrogens with one attached hydrogen (secondary N) is 1. The zero-order valence-electron chi connectivity index (χ0n) is 12.3. The molecule has 0 saturated heterocycles. The van der Waals surface area contributed by atoms with Gasteiger partial charge in [0.25, 0.3) is 5.91 Å². The lowest BCUT2D eigenvalue weighted by atomic mass is 10.2. The van der Waals surface area contributed by atoms with Gasteiger partial charge in [-0.3, -0.25) is 4.79 Å². The lowest BCUT2D eigenvalue weighted by molar-refractivity contribution is -0.122. The highest BCUT2D eigenvalue weighted by atomic mass is 35.5. The first-order chi connectivity index (χ1) is 9.95. The van der Waals surface area contributed by atoms with E-state index in [1.54, 1.807) is 19.1 Å². The normalized spacial score (nSPS) is 11.8. The quantitative estimate of drug-likeness (QED) is 0.911. The van der Waals surface area contributed by atoms with E-state index < -0.39 is 6.10 Å². The van der Waals surface area contributed by atoms with Crippen LogP contribution in [-0.4, -0.2) is 12.0 Å². The average molecular weight is 304 g/mol. The minimum absolute atomic E-state index is 0.194. The summed E-state index contributed by atoms with van der Waals surface area (Å²) in [5.41, 5.74) is 2.80. The van der Waals surface area contributed by atoms with E-state index in [2.05, 4.69) is 5.32 Å². The van der Waals surface area contributed by atoms with Gasteiger partial charge in [-0.1, -0.05) is 29.3 Å². The Morgan fingerprint density at radius 2 is 1.81 bits per heavy atom. The maximum atomic E-state index is 12.2. The molecule has 1 N–H and O–H groups in total. The number of hydrogen-bond donors (Lipinski definition) is 1. The topological polar surface area (TPSA) is 38.3 Å². The van der Waals surface area contributed by atoms with Crippen LogP contribution < -0.4 is 10.1 Å². The van der Waals surface area contributed by atoms with Crippen LogP contribution in [0.4, 0.5) is 5.69 Å². The van der Waals surface area contributed by atoms with Gasteiger partial charge >= 0.3 is 0 Å². The van der Waals surface area contributed by atoms with Gasteiger partial charge in [0.2, 0.25) is 0 Å². The van der Waals surface area contributed by atoms with Gasteiger partial charge in [-0.25, -0.2) is 0 Å². The molecule has 21 heavy (non-hydrogen) atoms. The van der Waals surface area contributed by atoms with Crippen molar-refractivity contribution in [3.63, 3.8) is 0 Å². The van der Waals surface area contributed by atoms with Crippen molar-refractivity contribution in [2.24, 2.45) is 0 Å². The summed E-state index contributed by atoms with van der Waals surface area (Å²) in [4.78, 5) is 12.2. The number of aryl methyl sites for hydroxylation is 2. The number of rotatable bonds is 4. The Bertz CT molecular complexity index is 638. The molecule has 3 nitrogen and oxygen atoms in total. The van der Waals surface area contributed by atoms with Crippen molar-refractivity contribution in [1.29, 1.82) is 0 Å². The van der Waals surface area contributed by atoms with Gasteiger partial charge in [0.05, 0.1) is 0 Å². The fraction of sp³-hybridized carbons (Fsp3) is 0.235. The highest BCUT2D eigenvalue weighted by Gasteiger charge is 2.15. The number of hydrogen-bond acceptors (Lipinski definition) is 2. The number of ether oxygens (including phenoxy) is 1. The molecule has 1 amide bonds. The Morgan fingerprint density at radius 3 is 2.43 bits per heavy atom. The van der Waals surface area contributed by atoms with Gasteiger partial charge in [-0.15, -0.1) is 0 Å². The van der Waals surface area contributed by atoms with Crippen molar-refractivity contribution in [1.82, 2.24) is 0 Å². The summed E-state index contributed by atoms with van der Waals surface area (Å²) in [5, 5.41) is 3.49. The SMILES string of the molecule is Cc1ccc(OC(C)C(=O)Nc2ccc(Cl)cc2C)cc1. The molecule has 2 aromatic rings. The minimum Gasteiger partial charge on any atom is -0.481 e. The zero-order valence-corrected chi connectivity index (χ0v) is 13.1. The first kappa shape index (κ1) is 15.4. The van der Waals surface area contributed by atoms with Gasteiger partial charge in [0.1, 0.15) is 5.75 Å². The van der Waals surface area contributed by atoms with Crippen LogP contribution in [0, 0.1) is 13.8 Å². The molecule has 2 rings (SSSR count). The van der Waals surface area contributed by atoms with Crippen LogP contribution in [0.25, 0.3) is 0 Å². The molecule has 0 saturated carbocycles. The van der Waals surface area contributed by atoms with E-state index in [0.29, 0.717) is 10.8 Å². The smallest absolute Gasteiger partial charge is 0.265 e. The average Bonchev–Trinajstić information content (AvgIpc) is 2.44. The van der Waals surface area contributed by atoms with Crippen molar-refractivity contribution >= 4 is 23.2 Å². The molecule has 0 fully saturated rings. The van der Waals surface area contributed by atoms with Crippen molar-refractivity contribution in [3.8, 4) is 5.75 Å². The molecule has 110 valence electrons. The third kappa shape index (κ3) is 4.23. The van der Waals surface area contributed by atoms with Crippen molar-refractivity contribution in [3.05, 3.63) is 58.6 Å². The van der Waals surface area contributed by atoms with Crippen LogP contribution in [-0.2, 0) is 4.79 Å². The Morgan fingerprint density at radius 1 is 1.14 bits per heavy atom. The fourth-order valence-electron chi connectivity index (χ4n) is 1.88. The van der Waals surface area contributed by atoms with Crippen LogP contribution in [0.1, 0.15) is 18.1 Å². The molecule has 0 radical (unpaired) electrons. The second kappa shape index (κ2) is 6.64. The number of carbonyl (C=O) groups is 1. The van der Waals surface area contributed by atoms with E-state index in [1.165, 1.54) is 0 Å². The molecule has 0 spiro atoms. The highest BCUT2D eigenvalue weighted by molar-refractivity contribution is 6.30. The Hall–Kier alpha value is -2.00. The molecule has 1 unspecified atom stereocenters. The molecule has 4 heteroatoms.